The lowest BCUT2D eigenvalue weighted by molar-refractivity contribution is 0.376. The van der Waals surface area contributed by atoms with E-state index < -0.39 is 0 Å². The number of hydrogen-bond donors (Lipinski definition) is 2. The Balaban J connectivity index is 2.14. The van der Waals surface area contributed by atoms with Crippen LogP contribution in [0, 0.1) is 0 Å². The summed E-state index contributed by atoms with van der Waals surface area (Å²) in [4.78, 5) is 0. The predicted octanol–water partition coefficient (Wildman–Crippen LogP) is 3.07. The zero-order chi connectivity index (χ0) is 15.1. The first-order chi connectivity index (χ1) is 10.1. The highest BCUT2D eigenvalue weighted by Gasteiger charge is 2.06. The molecule has 3 N–H and O–H groups in total. The van der Waals surface area contributed by atoms with Gasteiger partial charge in [-0.15, -0.1) is 0 Å². The van der Waals surface area contributed by atoms with Gasteiger partial charge < -0.3 is 10.5 Å². The van der Waals surface area contributed by atoms with E-state index in [-0.39, 0.29) is 5.11 Å². The third kappa shape index (κ3) is 5.17. The molecule has 0 bridgehead atoms. The highest BCUT2D eigenvalue weighted by Crippen LogP contribution is 2.13. The van der Waals surface area contributed by atoms with E-state index in [2.05, 4.69) is 26.5 Å². The summed E-state index contributed by atoms with van der Waals surface area (Å²) in [6.45, 7) is 0.307. The molecule has 0 radical (unpaired) electrons. The Morgan fingerprint density at radius 2 is 1.81 bits per heavy atom. The fraction of sp³-hybridized carbons (Fsp3) is 0.0667. The third-order valence-electron chi connectivity index (χ3n) is 2.60. The monoisotopic (exact) mass is 363 g/mol. The summed E-state index contributed by atoms with van der Waals surface area (Å²) in [5.74, 6) is 0.776. The maximum atomic E-state index is 5.72. The molecule has 0 atom stereocenters. The second kappa shape index (κ2) is 7.75. The van der Waals surface area contributed by atoms with Gasteiger partial charge in [-0.05, 0) is 36.5 Å². The largest absolute Gasteiger partial charge is 0.487 e. The lowest BCUT2D eigenvalue weighted by Crippen LogP contribution is -2.27. The van der Waals surface area contributed by atoms with Crippen LogP contribution in [0.15, 0.2) is 64.2 Å². The molecule has 2 aromatic rings. The van der Waals surface area contributed by atoms with Crippen molar-refractivity contribution in [1.29, 1.82) is 0 Å². The SMILES string of the molecule is NC(=S)N/N=C(\COc1ccccc1)c1ccc(Br)cc1. The van der Waals surface area contributed by atoms with Crippen LogP contribution in [0.1, 0.15) is 5.56 Å². The van der Waals surface area contributed by atoms with Crippen LogP contribution in [-0.2, 0) is 0 Å². The van der Waals surface area contributed by atoms with Gasteiger partial charge in [0, 0.05) is 10.0 Å². The first-order valence-electron chi connectivity index (χ1n) is 6.21. The molecule has 4 nitrogen and oxygen atoms in total. The average molecular weight is 364 g/mol. The molecule has 0 spiro atoms. The van der Waals surface area contributed by atoms with Crippen molar-refractivity contribution < 1.29 is 4.74 Å². The Morgan fingerprint density at radius 3 is 2.43 bits per heavy atom. The van der Waals surface area contributed by atoms with Crippen LogP contribution < -0.4 is 15.9 Å². The lowest BCUT2D eigenvalue weighted by Gasteiger charge is -2.10. The highest BCUT2D eigenvalue weighted by atomic mass is 79.9. The molecule has 0 saturated heterocycles. The molecule has 0 aliphatic heterocycles. The van der Waals surface area contributed by atoms with Crippen molar-refractivity contribution in [1.82, 2.24) is 5.43 Å². The lowest BCUT2D eigenvalue weighted by atomic mass is 10.1. The highest BCUT2D eigenvalue weighted by molar-refractivity contribution is 9.10. The number of para-hydroxylation sites is 1. The van der Waals surface area contributed by atoms with Crippen molar-refractivity contribution >= 4 is 39.0 Å². The Kier molecular flexibility index (Phi) is 5.71. The zero-order valence-corrected chi connectivity index (χ0v) is 13.5. The van der Waals surface area contributed by atoms with Crippen LogP contribution >= 0.6 is 28.1 Å². The van der Waals surface area contributed by atoms with Crippen molar-refractivity contribution in [2.45, 2.75) is 0 Å². The summed E-state index contributed by atoms with van der Waals surface area (Å²) < 4.78 is 6.72. The Hall–Kier alpha value is -1.92. The van der Waals surface area contributed by atoms with Gasteiger partial charge in [0.25, 0.3) is 0 Å². The van der Waals surface area contributed by atoms with Crippen LogP contribution in [0.5, 0.6) is 5.75 Å². The van der Waals surface area contributed by atoms with Crippen LogP contribution in [0.25, 0.3) is 0 Å². The molecule has 2 aromatic carbocycles. The predicted molar refractivity (Wildman–Crippen MR) is 92.5 cm³/mol. The van der Waals surface area contributed by atoms with Crippen molar-refractivity contribution in [2.24, 2.45) is 10.8 Å². The molecule has 0 aromatic heterocycles. The van der Waals surface area contributed by atoms with E-state index in [4.69, 9.17) is 22.7 Å². The molecule has 0 aliphatic rings. The smallest absolute Gasteiger partial charge is 0.184 e. The Morgan fingerprint density at radius 1 is 1.14 bits per heavy atom. The Bertz CT molecular complexity index is 629. The first kappa shape index (κ1) is 15.5. The van der Waals surface area contributed by atoms with Crippen LogP contribution in [0.4, 0.5) is 0 Å². The van der Waals surface area contributed by atoms with Crippen LogP contribution in [0.2, 0.25) is 0 Å². The summed E-state index contributed by atoms with van der Waals surface area (Å²) in [5, 5.41) is 4.31. The van der Waals surface area contributed by atoms with E-state index >= 15 is 0 Å². The van der Waals surface area contributed by atoms with E-state index in [1.807, 2.05) is 54.6 Å². The van der Waals surface area contributed by atoms with Gasteiger partial charge in [0.15, 0.2) is 5.11 Å². The van der Waals surface area contributed by atoms with Gasteiger partial charge >= 0.3 is 0 Å². The number of rotatable bonds is 5. The number of nitrogens with zero attached hydrogens (tertiary/aromatic N) is 1. The van der Waals surface area contributed by atoms with E-state index in [0.717, 1.165) is 15.8 Å². The standard InChI is InChI=1S/C15H14BrN3OS/c16-12-8-6-11(7-9-12)14(18-19-15(17)21)10-20-13-4-2-1-3-5-13/h1-9H,10H2,(H3,17,19,21)/b18-14+. The van der Waals surface area contributed by atoms with Crippen molar-refractivity contribution in [3.05, 3.63) is 64.6 Å². The van der Waals surface area contributed by atoms with Gasteiger partial charge in [-0.2, -0.15) is 5.10 Å². The van der Waals surface area contributed by atoms with E-state index in [1.165, 1.54) is 0 Å². The van der Waals surface area contributed by atoms with E-state index in [9.17, 15) is 0 Å². The second-order valence-electron chi connectivity index (χ2n) is 4.14. The normalized spacial score (nSPS) is 11.0. The average Bonchev–Trinajstić information content (AvgIpc) is 2.49. The van der Waals surface area contributed by atoms with Gasteiger partial charge in [0.2, 0.25) is 0 Å². The van der Waals surface area contributed by atoms with Gasteiger partial charge in [-0.3, -0.25) is 5.43 Å². The molecule has 0 saturated carbocycles. The summed E-state index contributed by atoms with van der Waals surface area (Å²) in [7, 11) is 0. The van der Waals surface area contributed by atoms with Gasteiger partial charge in [-0.1, -0.05) is 46.3 Å². The Labute approximate surface area is 137 Å². The van der Waals surface area contributed by atoms with Crippen molar-refractivity contribution in [2.75, 3.05) is 6.61 Å². The fourth-order valence-electron chi connectivity index (χ4n) is 1.61. The van der Waals surface area contributed by atoms with E-state index in [0.29, 0.717) is 12.3 Å². The minimum Gasteiger partial charge on any atom is -0.487 e. The first-order valence-corrected chi connectivity index (χ1v) is 7.41. The fourth-order valence-corrected chi connectivity index (χ4v) is 1.92. The summed E-state index contributed by atoms with van der Waals surface area (Å²) >= 11 is 8.18. The number of nitrogens with two attached hydrogens (primary N) is 1. The quantitative estimate of drug-likeness (QED) is 0.486. The maximum absolute atomic E-state index is 5.72. The van der Waals surface area contributed by atoms with E-state index in [1.54, 1.807) is 0 Å². The number of nitrogens with one attached hydrogen (secondary N) is 1. The molecule has 0 unspecified atom stereocenters. The van der Waals surface area contributed by atoms with Gasteiger partial charge in [0.05, 0.1) is 0 Å². The molecule has 6 heteroatoms. The molecule has 21 heavy (non-hydrogen) atoms. The molecular formula is C15H14BrN3OS. The zero-order valence-electron chi connectivity index (χ0n) is 11.1. The minimum absolute atomic E-state index is 0.115. The topological polar surface area (TPSA) is 59.6 Å². The molecular weight excluding hydrogens is 350 g/mol. The molecule has 0 fully saturated rings. The molecule has 0 aliphatic carbocycles. The number of thiocarbonyl (C=S) groups is 1. The summed E-state index contributed by atoms with van der Waals surface area (Å²) in [6.07, 6.45) is 0. The van der Waals surface area contributed by atoms with Gasteiger partial charge in [-0.25, -0.2) is 0 Å². The van der Waals surface area contributed by atoms with Gasteiger partial charge in [0.1, 0.15) is 18.1 Å². The molecule has 2 rings (SSSR count). The van der Waals surface area contributed by atoms with Crippen LogP contribution in [0.3, 0.4) is 0 Å². The summed E-state index contributed by atoms with van der Waals surface area (Å²) in [5.41, 5.74) is 9.65. The number of hydrogen-bond acceptors (Lipinski definition) is 3. The summed E-state index contributed by atoms with van der Waals surface area (Å²) in [6, 6.07) is 17.3. The van der Waals surface area contributed by atoms with Crippen molar-refractivity contribution in [3.8, 4) is 5.75 Å². The number of hydrazone groups is 1. The second-order valence-corrected chi connectivity index (χ2v) is 5.50. The third-order valence-corrected chi connectivity index (χ3v) is 3.22. The molecule has 0 amide bonds. The van der Waals surface area contributed by atoms with Crippen molar-refractivity contribution in [3.63, 3.8) is 0 Å². The number of ether oxygens (including phenoxy) is 1. The number of halogens is 1. The number of benzene rings is 2. The molecule has 0 heterocycles. The molecule has 108 valence electrons. The maximum Gasteiger partial charge on any atom is 0.184 e. The minimum atomic E-state index is 0.115. The van der Waals surface area contributed by atoms with Crippen LogP contribution in [-0.4, -0.2) is 17.4 Å².